The van der Waals surface area contributed by atoms with E-state index in [1.807, 2.05) is 34.6 Å². The fraction of sp³-hybridized carbons (Fsp3) is 0.435. The van der Waals surface area contributed by atoms with Gasteiger partial charge in [-0.2, -0.15) is 0 Å². The van der Waals surface area contributed by atoms with Crippen LogP contribution in [0.4, 0.5) is 5.69 Å². The maximum atomic E-state index is 13.1. The van der Waals surface area contributed by atoms with Crippen molar-refractivity contribution in [2.24, 2.45) is 0 Å². The number of carbonyl (C=O) groups is 3. The molecule has 2 heterocycles. The van der Waals surface area contributed by atoms with Crippen LogP contribution in [-0.4, -0.2) is 47.2 Å². The van der Waals surface area contributed by atoms with Gasteiger partial charge in [0.2, 0.25) is 11.7 Å². The molecule has 0 saturated heterocycles. The molecular formula is C23H28N2O5. The summed E-state index contributed by atoms with van der Waals surface area (Å²) in [6.45, 7) is 9.53. The molecule has 1 aromatic heterocycles. The Bertz CT molecular complexity index is 925. The predicted octanol–water partition coefficient (Wildman–Crippen LogP) is 3.66. The Kier molecular flexibility index (Phi) is 6.29. The number of hydrogen-bond donors (Lipinski definition) is 0. The van der Waals surface area contributed by atoms with Crippen LogP contribution in [-0.2, 0) is 9.59 Å². The van der Waals surface area contributed by atoms with E-state index in [4.69, 9.17) is 9.15 Å². The van der Waals surface area contributed by atoms with Crippen LogP contribution in [0.25, 0.3) is 0 Å². The van der Waals surface area contributed by atoms with Gasteiger partial charge in [-0.15, -0.1) is 0 Å². The van der Waals surface area contributed by atoms with E-state index in [0.29, 0.717) is 23.4 Å². The Morgan fingerprint density at radius 3 is 2.40 bits per heavy atom. The second kappa shape index (κ2) is 8.73. The van der Waals surface area contributed by atoms with Crippen molar-refractivity contribution in [2.75, 3.05) is 11.4 Å². The topological polar surface area (TPSA) is 80.1 Å². The van der Waals surface area contributed by atoms with Gasteiger partial charge in [-0.1, -0.05) is 6.92 Å². The second-order valence-electron chi connectivity index (χ2n) is 7.92. The number of rotatable bonds is 7. The molecule has 2 amide bonds. The molecule has 0 N–H and O–H groups in total. The van der Waals surface area contributed by atoms with Crippen LogP contribution in [0.15, 0.2) is 41.0 Å². The lowest BCUT2D eigenvalue weighted by molar-refractivity contribution is -0.136. The minimum atomic E-state index is -0.663. The maximum absolute atomic E-state index is 13.1. The third kappa shape index (κ3) is 4.10. The van der Waals surface area contributed by atoms with Crippen molar-refractivity contribution in [2.45, 2.75) is 59.2 Å². The summed E-state index contributed by atoms with van der Waals surface area (Å²) in [4.78, 5) is 42.0. The number of carbonyl (C=O) groups excluding carboxylic acids is 3. The summed E-state index contributed by atoms with van der Waals surface area (Å²) < 4.78 is 11.0. The van der Waals surface area contributed by atoms with E-state index in [9.17, 15) is 14.4 Å². The minimum Gasteiger partial charge on any atom is -0.478 e. The van der Waals surface area contributed by atoms with Gasteiger partial charge in [-0.05, 0) is 64.4 Å². The molecule has 0 bridgehead atoms. The maximum Gasteiger partial charge on any atom is 0.268 e. The average molecular weight is 412 g/mol. The molecule has 30 heavy (non-hydrogen) atoms. The van der Waals surface area contributed by atoms with Crippen molar-refractivity contribution in [1.29, 1.82) is 0 Å². The highest BCUT2D eigenvalue weighted by molar-refractivity contribution is 6.10. The van der Waals surface area contributed by atoms with E-state index in [0.717, 1.165) is 0 Å². The van der Waals surface area contributed by atoms with Gasteiger partial charge in [0.15, 0.2) is 11.9 Å². The zero-order valence-electron chi connectivity index (χ0n) is 18.0. The third-order valence-electron chi connectivity index (χ3n) is 5.13. The molecule has 1 aromatic carbocycles. The lowest BCUT2D eigenvalue weighted by atomic mass is 10.0. The molecule has 0 spiro atoms. The summed E-state index contributed by atoms with van der Waals surface area (Å²) in [6, 6.07) is 8.12. The number of amides is 2. The standard InChI is InChI=1S/C23H28N2O5/c1-6-18-23(28)24(13-21(26)25(14(2)3)15(4)5)17-12-16(9-10-19(17)30-18)22(27)20-8-7-11-29-20/h7-12,14-15,18H,6,13H2,1-5H3. The van der Waals surface area contributed by atoms with Gasteiger partial charge in [0.25, 0.3) is 5.91 Å². The van der Waals surface area contributed by atoms with Crippen LogP contribution in [0.2, 0.25) is 0 Å². The van der Waals surface area contributed by atoms with E-state index in [1.165, 1.54) is 11.2 Å². The first kappa shape index (κ1) is 21.6. The summed E-state index contributed by atoms with van der Waals surface area (Å²) >= 11 is 0. The molecule has 1 aliphatic heterocycles. The van der Waals surface area contributed by atoms with Gasteiger partial charge in [0.1, 0.15) is 12.3 Å². The number of fused-ring (bicyclic) bond motifs is 1. The fourth-order valence-corrected chi connectivity index (χ4v) is 3.83. The molecule has 1 unspecified atom stereocenters. The Morgan fingerprint density at radius 2 is 1.83 bits per heavy atom. The van der Waals surface area contributed by atoms with Crippen molar-refractivity contribution < 1.29 is 23.5 Å². The van der Waals surface area contributed by atoms with Gasteiger partial charge in [-0.3, -0.25) is 19.3 Å². The first-order chi connectivity index (χ1) is 14.2. The molecule has 1 atom stereocenters. The molecule has 160 valence electrons. The lowest BCUT2D eigenvalue weighted by Crippen LogP contribution is -2.52. The SMILES string of the molecule is CCC1Oc2ccc(C(=O)c3ccco3)cc2N(CC(=O)N(C(C)C)C(C)C)C1=O. The van der Waals surface area contributed by atoms with Gasteiger partial charge >= 0.3 is 0 Å². The molecule has 0 fully saturated rings. The van der Waals surface area contributed by atoms with E-state index < -0.39 is 6.10 Å². The van der Waals surface area contributed by atoms with E-state index in [-0.39, 0.29) is 42.0 Å². The summed E-state index contributed by atoms with van der Waals surface area (Å²) in [5.41, 5.74) is 0.778. The monoisotopic (exact) mass is 412 g/mol. The highest BCUT2D eigenvalue weighted by Crippen LogP contribution is 2.36. The van der Waals surface area contributed by atoms with Crippen LogP contribution in [0.5, 0.6) is 5.75 Å². The number of benzene rings is 1. The summed E-state index contributed by atoms with van der Waals surface area (Å²) in [5.74, 6) is -0.0545. The first-order valence-electron chi connectivity index (χ1n) is 10.3. The number of ketones is 1. The van der Waals surface area contributed by atoms with Crippen molar-refractivity contribution in [3.05, 3.63) is 47.9 Å². The molecule has 2 aromatic rings. The van der Waals surface area contributed by atoms with Crippen molar-refractivity contribution >= 4 is 23.3 Å². The lowest BCUT2D eigenvalue weighted by Gasteiger charge is -2.37. The highest BCUT2D eigenvalue weighted by atomic mass is 16.5. The Morgan fingerprint density at radius 1 is 1.13 bits per heavy atom. The summed E-state index contributed by atoms with van der Waals surface area (Å²) in [6.07, 6.45) is 1.25. The van der Waals surface area contributed by atoms with Gasteiger partial charge in [0.05, 0.1) is 12.0 Å². The smallest absolute Gasteiger partial charge is 0.268 e. The molecule has 3 rings (SSSR count). The quantitative estimate of drug-likeness (QED) is 0.649. The number of furan rings is 1. The van der Waals surface area contributed by atoms with E-state index in [1.54, 1.807) is 35.2 Å². The molecule has 7 heteroatoms. The first-order valence-corrected chi connectivity index (χ1v) is 10.3. The Labute approximate surface area is 176 Å². The van der Waals surface area contributed by atoms with Gasteiger partial charge in [-0.25, -0.2) is 0 Å². The second-order valence-corrected chi connectivity index (χ2v) is 7.92. The number of ether oxygens (including phenoxy) is 1. The summed E-state index contributed by atoms with van der Waals surface area (Å²) in [7, 11) is 0. The van der Waals surface area contributed by atoms with Gasteiger partial charge < -0.3 is 14.1 Å². The van der Waals surface area contributed by atoms with Crippen LogP contribution in [0.1, 0.15) is 57.2 Å². The molecule has 0 aliphatic carbocycles. The fourth-order valence-electron chi connectivity index (χ4n) is 3.83. The number of hydrogen-bond acceptors (Lipinski definition) is 5. The highest BCUT2D eigenvalue weighted by Gasteiger charge is 2.36. The van der Waals surface area contributed by atoms with Crippen LogP contribution < -0.4 is 9.64 Å². The minimum absolute atomic E-state index is 0.00181. The molecule has 7 nitrogen and oxygen atoms in total. The largest absolute Gasteiger partial charge is 0.478 e. The number of anilines is 1. The number of nitrogens with zero attached hydrogens (tertiary/aromatic N) is 2. The zero-order valence-corrected chi connectivity index (χ0v) is 18.0. The Hall–Kier alpha value is -3.09. The molecular weight excluding hydrogens is 384 g/mol. The van der Waals surface area contributed by atoms with Crippen molar-refractivity contribution in [3.63, 3.8) is 0 Å². The Balaban J connectivity index is 1.98. The molecule has 0 saturated carbocycles. The van der Waals surface area contributed by atoms with Gasteiger partial charge in [0, 0.05) is 17.6 Å². The predicted molar refractivity (Wildman–Crippen MR) is 113 cm³/mol. The van der Waals surface area contributed by atoms with Crippen LogP contribution >= 0.6 is 0 Å². The molecule has 0 radical (unpaired) electrons. The van der Waals surface area contributed by atoms with E-state index in [2.05, 4.69) is 0 Å². The van der Waals surface area contributed by atoms with Crippen LogP contribution in [0, 0.1) is 0 Å². The van der Waals surface area contributed by atoms with Crippen LogP contribution in [0.3, 0.4) is 0 Å². The normalized spacial score (nSPS) is 15.9. The zero-order chi connectivity index (χ0) is 22.0. The van der Waals surface area contributed by atoms with Crippen molar-refractivity contribution in [1.82, 2.24) is 4.90 Å². The average Bonchev–Trinajstić information content (AvgIpc) is 3.23. The van der Waals surface area contributed by atoms with E-state index >= 15 is 0 Å². The summed E-state index contributed by atoms with van der Waals surface area (Å²) in [5, 5.41) is 0. The molecule has 1 aliphatic rings. The van der Waals surface area contributed by atoms with Crippen molar-refractivity contribution in [3.8, 4) is 5.75 Å². The third-order valence-corrected chi connectivity index (χ3v) is 5.13.